The van der Waals surface area contributed by atoms with E-state index < -0.39 is 28.5 Å². The number of aromatic nitrogens is 3. The Morgan fingerprint density at radius 1 is 0.920 bits per heavy atom. The zero-order valence-electron chi connectivity index (χ0n) is 27.3. The Morgan fingerprint density at radius 3 is 2.32 bits per heavy atom. The number of nitrogens with one attached hydrogen (secondary N) is 3. The van der Waals surface area contributed by atoms with E-state index in [9.17, 15) is 27.4 Å². The second kappa shape index (κ2) is 14.7. The fourth-order valence-electron chi connectivity index (χ4n) is 6.80. The number of hydrogen-bond donors (Lipinski definition) is 3. The lowest BCUT2D eigenvalue weighted by molar-refractivity contribution is -0.134. The second-order valence-corrected chi connectivity index (χ2v) is 14.4. The Labute approximate surface area is 289 Å². The summed E-state index contributed by atoms with van der Waals surface area (Å²) < 4.78 is 41.5. The molecule has 262 valence electrons. The Bertz CT molecular complexity index is 1940. The topological polar surface area (TPSA) is 144 Å². The van der Waals surface area contributed by atoms with E-state index in [2.05, 4.69) is 47.5 Å². The number of benzene rings is 2. The van der Waals surface area contributed by atoms with Crippen LogP contribution in [0.3, 0.4) is 0 Å². The van der Waals surface area contributed by atoms with Crippen molar-refractivity contribution in [3.8, 4) is 0 Å². The summed E-state index contributed by atoms with van der Waals surface area (Å²) in [5.74, 6) is -0.387. The van der Waals surface area contributed by atoms with Gasteiger partial charge in [0, 0.05) is 75.5 Å². The van der Waals surface area contributed by atoms with E-state index in [0.717, 1.165) is 54.9 Å². The molecule has 0 bridgehead atoms. The Kier molecular flexibility index (Phi) is 9.97. The normalized spacial score (nSPS) is 20.3. The van der Waals surface area contributed by atoms with Gasteiger partial charge in [-0.05, 0) is 60.7 Å². The highest BCUT2D eigenvalue weighted by molar-refractivity contribution is 7.82. The Hall–Kier alpha value is -4.60. The van der Waals surface area contributed by atoms with Gasteiger partial charge in [0.1, 0.15) is 16.6 Å². The first-order chi connectivity index (χ1) is 24.2. The van der Waals surface area contributed by atoms with Crippen molar-refractivity contribution >= 4 is 45.5 Å². The summed E-state index contributed by atoms with van der Waals surface area (Å²) in [6.07, 6.45) is 0.870. The van der Waals surface area contributed by atoms with Gasteiger partial charge in [0.2, 0.25) is 17.8 Å². The van der Waals surface area contributed by atoms with E-state index in [1.807, 2.05) is 40.7 Å². The van der Waals surface area contributed by atoms with Crippen LogP contribution in [0.1, 0.15) is 54.7 Å². The number of halogens is 2. The van der Waals surface area contributed by atoms with Crippen LogP contribution in [-0.2, 0) is 27.1 Å². The first kappa shape index (κ1) is 33.9. The van der Waals surface area contributed by atoms with Gasteiger partial charge in [0.05, 0.1) is 16.4 Å². The number of piperidine rings is 2. The predicted octanol–water partition coefficient (Wildman–Crippen LogP) is 3.70. The van der Waals surface area contributed by atoms with Crippen molar-refractivity contribution in [3.05, 3.63) is 87.8 Å². The van der Waals surface area contributed by atoms with Crippen LogP contribution < -0.4 is 21.1 Å². The fourth-order valence-corrected chi connectivity index (χ4v) is 8.01. The molecule has 12 nitrogen and oxygen atoms in total. The molecule has 2 aromatic heterocycles. The average molecular weight is 705 g/mol. The molecule has 15 heteroatoms. The van der Waals surface area contributed by atoms with Crippen molar-refractivity contribution in [2.75, 3.05) is 49.5 Å². The Balaban J connectivity index is 0.864. The summed E-state index contributed by atoms with van der Waals surface area (Å²) in [5, 5.41) is 6.02. The van der Waals surface area contributed by atoms with Crippen LogP contribution in [-0.4, -0.2) is 85.5 Å². The molecule has 0 aliphatic carbocycles. The number of anilines is 2. The number of aromatic amines is 1. The van der Waals surface area contributed by atoms with Crippen LogP contribution in [0.5, 0.6) is 0 Å². The van der Waals surface area contributed by atoms with E-state index in [1.54, 1.807) is 0 Å². The lowest BCUT2D eigenvalue weighted by Gasteiger charge is -2.36. The molecule has 3 N–H and O–H groups in total. The largest absolute Gasteiger partial charge is 0.369 e. The van der Waals surface area contributed by atoms with Gasteiger partial charge in [0.15, 0.2) is 0 Å². The van der Waals surface area contributed by atoms with Crippen LogP contribution in [0.4, 0.5) is 20.4 Å². The van der Waals surface area contributed by atoms with Gasteiger partial charge in [-0.25, -0.2) is 22.3 Å². The number of carbonyl (C=O) groups excluding carboxylic acids is 2. The summed E-state index contributed by atoms with van der Waals surface area (Å²) in [4.78, 5) is 52.1. The minimum Gasteiger partial charge on any atom is -0.369 e. The molecular formula is C35H38F2N8O4S. The molecule has 2 amide bonds. The van der Waals surface area contributed by atoms with Crippen molar-refractivity contribution in [1.82, 2.24) is 29.5 Å². The molecule has 3 fully saturated rings. The summed E-state index contributed by atoms with van der Waals surface area (Å²) in [6, 6.07) is 17.2. The maximum absolute atomic E-state index is 13.4. The summed E-state index contributed by atoms with van der Waals surface area (Å²) in [5.41, 5.74) is 1.95. The molecule has 3 aliphatic heterocycles. The SMILES string of the molecule is O=C1CCC(c2ccc(CN3CCN(c4ccc(S(=O)N5CCC(Nc6ncc7cc(C(F)F)c(=O)[nH]c7n6)CC5)cc4)CC3)cc2)C(=O)N1. The van der Waals surface area contributed by atoms with Gasteiger partial charge >= 0.3 is 0 Å². The molecule has 50 heavy (non-hydrogen) atoms. The number of carbonyl (C=O) groups is 2. The Morgan fingerprint density at radius 2 is 1.64 bits per heavy atom. The van der Waals surface area contributed by atoms with Crippen molar-refractivity contribution < 1.29 is 22.6 Å². The molecule has 0 saturated carbocycles. The highest BCUT2D eigenvalue weighted by Gasteiger charge is 2.28. The predicted molar refractivity (Wildman–Crippen MR) is 185 cm³/mol. The summed E-state index contributed by atoms with van der Waals surface area (Å²) in [7, 11) is -1.30. The lowest BCUT2D eigenvalue weighted by atomic mass is 9.90. The van der Waals surface area contributed by atoms with E-state index in [1.165, 1.54) is 11.8 Å². The maximum Gasteiger partial charge on any atom is 0.269 e. The van der Waals surface area contributed by atoms with E-state index in [0.29, 0.717) is 50.1 Å². The van der Waals surface area contributed by atoms with E-state index in [4.69, 9.17) is 0 Å². The number of rotatable bonds is 9. The zero-order valence-corrected chi connectivity index (χ0v) is 28.1. The quantitative estimate of drug-likeness (QED) is 0.222. The first-order valence-corrected chi connectivity index (χ1v) is 17.9. The summed E-state index contributed by atoms with van der Waals surface area (Å²) >= 11 is 0. The summed E-state index contributed by atoms with van der Waals surface area (Å²) in [6.45, 7) is 5.62. The standard InChI is InChI=1S/C35H38F2N8O4S/c36-31(37)29-19-24-20-38-35(42-32(24)41-34(29)48)39-25-11-13-45(14-12-25)50(49)27-7-5-26(6-8-27)44-17-15-43(16-18-44)21-22-1-3-23(4-2-22)28-9-10-30(46)40-33(28)47/h1-8,19-20,25,28,31H,9-18,21H2,(H,40,46,47)(H2,38,39,41,42,48). The van der Waals surface area contributed by atoms with Crippen molar-refractivity contribution in [1.29, 1.82) is 0 Å². The molecule has 5 heterocycles. The molecule has 7 rings (SSSR count). The van der Waals surface area contributed by atoms with Crippen molar-refractivity contribution in [3.63, 3.8) is 0 Å². The minimum absolute atomic E-state index is 0.0333. The first-order valence-electron chi connectivity index (χ1n) is 16.8. The smallest absolute Gasteiger partial charge is 0.269 e. The lowest BCUT2D eigenvalue weighted by Crippen LogP contribution is -2.46. The second-order valence-electron chi connectivity index (χ2n) is 13.0. The van der Waals surface area contributed by atoms with Crippen molar-refractivity contribution in [2.45, 2.75) is 55.5 Å². The van der Waals surface area contributed by atoms with Crippen LogP contribution in [0.15, 0.2) is 70.5 Å². The van der Waals surface area contributed by atoms with Crippen LogP contribution in [0.25, 0.3) is 11.0 Å². The van der Waals surface area contributed by atoms with Gasteiger partial charge in [-0.3, -0.25) is 24.6 Å². The molecule has 3 saturated heterocycles. The zero-order chi connectivity index (χ0) is 34.8. The number of imide groups is 1. The third kappa shape index (κ3) is 7.59. The number of alkyl halides is 2. The molecule has 2 aromatic carbocycles. The van der Waals surface area contributed by atoms with Gasteiger partial charge in [-0.1, -0.05) is 24.3 Å². The van der Waals surface area contributed by atoms with Crippen molar-refractivity contribution in [2.24, 2.45) is 0 Å². The highest BCUT2D eigenvalue weighted by atomic mass is 32.2. The molecule has 4 aromatic rings. The molecule has 2 unspecified atom stereocenters. The number of amides is 2. The van der Waals surface area contributed by atoms with Gasteiger partial charge in [0.25, 0.3) is 12.0 Å². The van der Waals surface area contributed by atoms with E-state index in [-0.39, 0.29) is 29.4 Å². The number of piperazine rings is 1. The van der Waals surface area contributed by atoms with Gasteiger partial charge < -0.3 is 15.2 Å². The molecular weight excluding hydrogens is 666 g/mol. The van der Waals surface area contributed by atoms with Crippen LogP contribution in [0, 0.1) is 0 Å². The van der Waals surface area contributed by atoms with Gasteiger partial charge in [-0.2, -0.15) is 4.98 Å². The van der Waals surface area contributed by atoms with Crippen LogP contribution in [0.2, 0.25) is 0 Å². The number of nitrogens with zero attached hydrogens (tertiary/aromatic N) is 5. The molecule has 0 spiro atoms. The van der Waals surface area contributed by atoms with E-state index >= 15 is 0 Å². The van der Waals surface area contributed by atoms with Crippen LogP contribution >= 0.6 is 0 Å². The minimum atomic E-state index is -2.88. The number of pyridine rings is 1. The number of H-pyrrole nitrogens is 1. The fraction of sp³-hybridized carbons (Fsp3) is 0.400. The monoisotopic (exact) mass is 704 g/mol. The third-order valence-electron chi connectivity index (χ3n) is 9.68. The number of hydrogen-bond acceptors (Lipinski definition) is 9. The molecule has 0 radical (unpaired) electrons. The molecule has 3 aliphatic rings. The maximum atomic E-state index is 13.4. The number of fused-ring (bicyclic) bond motifs is 1. The highest BCUT2D eigenvalue weighted by Crippen LogP contribution is 2.27. The van der Waals surface area contributed by atoms with Gasteiger partial charge in [-0.15, -0.1) is 0 Å². The molecule has 2 atom stereocenters. The third-order valence-corrected chi connectivity index (χ3v) is 11.2. The average Bonchev–Trinajstić information content (AvgIpc) is 3.12.